The van der Waals surface area contributed by atoms with Crippen molar-refractivity contribution >= 4 is 39.0 Å². The maximum absolute atomic E-state index is 13.3. The number of fused-ring (bicyclic) bond motifs is 1. The van der Waals surface area contributed by atoms with Gasteiger partial charge in [-0.3, -0.25) is 4.79 Å². The van der Waals surface area contributed by atoms with Crippen molar-refractivity contribution in [2.75, 3.05) is 19.0 Å². The van der Waals surface area contributed by atoms with Gasteiger partial charge in [0.05, 0.1) is 7.11 Å². The molecule has 5 nitrogen and oxygen atoms in total. The van der Waals surface area contributed by atoms with Gasteiger partial charge in [0.15, 0.2) is 6.61 Å². The van der Waals surface area contributed by atoms with E-state index in [1.54, 1.807) is 23.6 Å². The Kier molecular flexibility index (Phi) is 5.95. The van der Waals surface area contributed by atoms with Gasteiger partial charge in [0.1, 0.15) is 22.1 Å². The fourth-order valence-electron chi connectivity index (χ4n) is 3.17. The molecule has 0 saturated heterocycles. The van der Waals surface area contributed by atoms with Gasteiger partial charge in [-0.15, -0.1) is 11.3 Å². The van der Waals surface area contributed by atoms with Crippen molar-refractivity contribution in [3.05, 3.63) is 83.5 Å². The van der Waals surface area contributed by atoms with Crippen LogP contribution in [-0.2, 0) is 9.53 Å². The van der Waals surface area contributed by atoms with Crippen LogP contribution in [0, 0.1) is 5.82 Å². The minimum Gasteiger partial charge on any atom is -0.484 e. The number of hydrogen-bond acceptors (Lipinski definition) is 5. The predicted molar refractivity (Wildman–Crippen MR) is 119 cm³/mol. The van der Waals surface area contributed by atoms with E-state index in [0.717, 1.165) is 10.8 Å². The number of hydrogen-bond donors (Lipinski definition) is 1. The Morgan fingerprint density at radius 2 is 1.74 bits per heavy atom. The monoisotopic (exact) mass is 435 g/mol. The first kappa shape index (κ1) is 20.6. The molecule has 0 fully saturated rings. The van der Waals surface area contributed by atoms with Gasteiger partial charge in [0.25, 0.3) is 5.91 Å². The van der Waals surface area contributed by atoms with Gasteiger partial charge in [-0.2, -0.15) is 0 Å². The van der Waals surface area contributed by atoms with E-state index < -0.39 is 11.9 Å². The number of anilines is 1. The van der Waals surface area contributed by atoms with Gasteiger partial charge >= 0.3 is 5.97 Å². The molecule has 31 heavy (non-hydrogen) atoms. The molecule has 1 N–H and O–H groups in total. The number of ether oxygens (including phenoxy) is 2. The Labute approximate surface area is 182 Å². The number of amides is 1. The second-order valence-electron chi connectivity index (χ2n) is 6.70. The number of nitrogens with one attached hydrogen (secondary N) is 1. The van der Waals surface area contributed by atoms with Crippen LogP contribution in [0.15, 0.2) is 72.1 Å². The highest BCUT2D eigenvalue weighted by atomic mass is 32.1. The van der Waals surface area contributed by atoms with E-state index in [0.29, 0.717) is 21.9 Å². The van der Waals surface area contributed by atoms with Crippen LogP contribution in [0.3, 0.4) is 0 Å². The Hall–Kier alpha value is -3.71. The third kappa shape index (κ3) is 4.57. The number of rotatable bonds is 6. The molecule has 0 aliphatic rings. The summed E-state index contributed by atoms with van der Waals surface area (Å²) in [7, 11) is 1.27. The number of halogens is 1. The smallest absolute Gasteiger partial charge is 0.341 e. The highest BCUT2D eigenvalue weighted by Crippen LogP contribution is 2.36. The summed E-state index contributed by atoms with van der Waals surface area (Å²) in [6.45, 7) is -0.220. The first-order chi connectivity index (χ1) is 15.0. The first-order valence-electron chi connectivity index (χ1n) is 9.42. The average Bonchev–Trinajstić information content (AvgIpc) is 3.20. The molecule has 156 valence electrons. The van der Waals surface area contributed by atoms with Crippen molar-refractivity contribution in [1.82, 2.24) is 0 Å². The van der Waals surface area contributed by atoms with E-state index in [1.807, 2.05) is 36.4 Å². The Morgan fingerprint density at radius 1 is 1.00 bits per heavy atom. The zero-order valence-electron chi connectivity index (χ0n) is 16.6. The van der Waals surface area contributed by atoms with Gasteiger partial charge in [0.2, 0.25) is 0 Å². The SMILES string of the molecule is COC(=O)c1c(-c2ccc(F)cc2)csc1NC(=O)COc1ccc2ccccc2c1. The quantitative estimate of drug-likeness (QED) is 0.406. The second-order valence-corrected chi connectivity index (χ2v) is 7.58. The van der Waals surface area contributed by atoms with Crippen molar-refractivity contribution in [1.29, 1.82) is 0 Å². The summed E-state index contributed by atoms with van der Waals surface area (Å²) >= 11 is 1.19. The summed E-state index contributed by atoms with van der Waals surface area (Å²) < 4.78 is 23.8. The van der Waals surface area contributed by atoms with E-state index in [-0.39, 0.29) is 18.0 Å². The fourth-order valence-corrected chi connectivity index (χ4v) is 4.14. The molecule has 0 saturated carbocycles. The van der Waals surface area contributed by atoms with Crippen molar-refractivity contribution in [3.63, 3.8) is 0 Å². The third-order valence-electron chi connectivity index (χ3n) is 4.68. The summed E-state index contributed by atoms with van der Waals surface area (Å²) in [6, 6.07) is 19.2. The van der Waals surface area contributed by atoms with Crippen LogP contribution >= 0.6 is 11.3 Å². The molecule has 0 spiro atoms. The van der Waals surface area contributed by atoms with Gasteiger partial charge in [0, 0.05) is 10.9 Å². The van der Waals surface area contributed by atoms with Gasteiger partial charge < -0.3 is 14.8 Å². The highest BCUT2D eigenvalue weighted by molar-refractivity contribution is 7.15. The molecule has 1 aromatic heterocycles. The Balaban J connectivity index is 1.50. The van der Waals surface area contributed by atoms with E-state index in [2.05, 4.69) is 5.32 Å². The number of carbonyl (C=O) groups excluding carboxylic acids is 2. The number of esters is 1. The van der Waals surface area contributed by atoms with E-state index in [1.165, 1.54) is 30.6 Å². The lowest BCUT2D eigenvalue weighted by Crippen LogP contribution is -2.21. The number of benzene rings is 3. The van der Waals surface area contributed by atoms with E-state index in [4.69, 9.17) is 9.47 Å². The molecule has 0 unspecified atom stereocenters. The summed E-state index contributed by atoms with van der Waals surface area (Å²) in [6.07, 6.45) is 0. The number of carbonyl (C=O) groups is 2. The fraction of sp³-hybridized carbons (Fsp3) is 0.0833. The summed E-state index contributed by atoms with van der Waals surface area (Å²) in [4.78, 5) is 24.8. The van der Waals surface area contributed by atoms with Crippen LogP contribution in [-0.4, -0.2) is 25.6 Å². The summed E-state index contributed by atoms with van der Waals surface area (Å²) in [5.41, 5.74) is 1.42. The van der Waals surface area contributed by atoms with Crippen LogP contribution in [0.4, 0.5) is 9.39 Å². The molecule has 4 rings (SSSR count). The van der Waals surface area contributed by atoms with Crippen LogP contribution < -0.4 is 10.1 Å². The molecule has 7 heteroatoms. The van der Waals surface area contributed by atoms with Crippen LogP contribution in [0.5, 0.6) is 5.75 Å². The predicted octanol–water partition coefficient (Wildman–Crippen LogP) is 5.51. The standard InChI is InChI=1S/C24H18FNO4S/c1-29-24(28)22-20(16-6-9-18(25)10-7-16)14-31-23(22)26-21(27)13-30-19-11-8-15-4-2-3-5-17(15)12-19/h2-12,14H,13H2,1H3,(H,26,27). The minimum atomic E-state index is -0.591. The van der Waals surface area contributed by atoms with Crippen LogP contribution in [0.2, 0.25) is 0 Å². The first-order valence-corrected chi connectivity index (χ1v) is 10.3. The van der Waals surface area contributed by atoms with Crippen molar-refractivity contribution in [3.8, 4) is 16.9 Å². The lowest BCUT2D eigenvalue weighted by atomic mass is 10.0. The molecular weight excluding hydrogens is 417 g/mol. The van der Waals surface area contributed by atoms with Crippen molar-refractivity contribution in [2.45, 2.75) is 0 Å². The van der Waals surface area contributed by atoms with E-state index >= 15 is 0 Å². The largest absolute Gasteiger partial charge is 0.484 e. The highest BCUT2D eigenvalue weighted by Gasteiger charge is 2.22. The van der Waals surface area contributed by atoms with Crippen LogP contribution in [0.25, 0.3) is 21.9 Å². The molecule has 0 atom stereocenters. The van der Waals surface area contributed by atoms with Crippen molar-refractivity contribution in [2.24, 2.45) is 0 Å². The normalized spacial score (nSPS) is 10.6. The topological polar surface area (TPSA) is 64.6 Å². The molecule has 0 radical (unpaired) electrons. The van der Waals surface area contributed by atoms with E-state index in [9.17, 15) is 14.0 Å². The Bertz CT molecular complexity index is 1250. The van der Waals surface area contributed by atoms with Gasteiger partial charge in [-0.25, -0.2) is 9.18 Å². The van der Waals surface area contributed by atoms with Gasteiger partial charge in [-0.05, 0) is 40.6 Å². The lowest BCUT2D eigenvalue weighted by molar-refractivity contribution is -0.118. The average molecular weight is 435 g/mol. The lowest BCUT2D eigenvalue weighted by Gasteiger charge is -2.09. The maximum Gasteiger partial charge on any atom is 0.341 e. The third-order valence-corrected chi connectivity index (χ3v) is 5.58. The molecule has 0 bridgehead atoms. The molecule has 0 aliphatic carbocycles. The minimum absolute atomic E-state index is 0.220. The molecular formula is C24H18FNO4S. The van der Waals surface area contributed by atoms with Gasteiger partial charge in [-0.1, -0.05) is 42.5 Å². The van der Waals surface area contributed by atoms with Crippen molar-refractivity contribution < 1.29 is 23.5 Å². The van der Waals surface area contributed by atoms with Crippen LogP contribution in [0.1, 0.15) is 10.4 Å². The summed E-state index contributed by atoms with van der Waals surface area (Å²) in [5.74, 6) is -0.810. The maximum atomic E-state index is 13.3. The molecule has 0 aliphatic heterocycles. The number of thiophene rings is 1. The number of methoxy groups -OCH3 is 1. The second kappa shape index (κ2) is 8.97. The zero-order chi connectivity index (χ0) is 21.8. The Morgan fingerprint density at radius 3 is 2.48 bits per heavy atom. The molecule has 1 heterocycles. The molecule has 3 aromatic carbocycles. The summed E-state index contributed by atoms with van der Waals surface area (Å²) in [5, 5.41) is 6.87. The molecule has 4 aromatic rings. The molecule has 1 amide bonds. The zero-order valence-corrected chi connectivity index (χ0v) is 17.4.